The predicted octanol–water partition coefficient (Wildman–Crippen LogP) is 3.44. The van der Waals surface area contributed by atoms with Crippen molar-refractivity contribution in [1.82, 2.24) is 4.72 Å². The molecule has 0 saturated carbocycles. The third kappa shape index (κ3) is 6.23. The van der Waals surface area contributed by atoms with Crippen LogP contribution in [0.4, 0.5) is 11.4 Å². The van der Waals surface area contributed by atoms with Gasteiger partial charge in [-0.05, 0) is 55.8 Å². The second-order valence-electron chi connectivity index (χ2n) is 8.13. The van der Waals surface area contributed by atoms with Crippen molar-refractivity contribution in [1.29, 1.82) is 0 Å². The van der Waals surface area contributed by atoms with Crippen LogP contribution in [0, 0.1) is 13.8 Å². The van der Waals surface area contributed by atoms with Crippen molar-refractivity contribution < 1.29 is 26.4 Å². The number of hydrogen-bond acceptors (Lipinski definition) is 6. The van der Waals surface area contributed by atoms with E-state index in [0.717, 1.165) is 15.4 Å². The first kappa shape index (κ1) is 27.2. The number of sulfonamides is 2. The van der Waals surface area contributed by atoms with Gasteiger partial charge in [0.1, 0.15) is 5.75 Å². The summed E-state index contributed by atoms with van der Waals surface area (Å²) in [6.45, 7) is 3.69. The molecule has 0 bridgehead atoms. The number of hydrogen-bond donors (Lipinski definition) is 2. The monoisotopic (exact) mass is 531 g/mol. The van der Waals surface area contributed by atoms with E-state index in [-0.39, 0.29) is 40.1 Å². The van der Waals surface area contributed by atoms with Gasteiger partial charge in [-0.25, -0.2) is 21.6 Å². The minimum atomic E-state index is -4.04. The highest BCUT2D eigenvalue weighted by Gasteiger charge is 2.26. The minimum absolute atomic E-state index is 0.0516. The summed E-state index contributed by atoms with van der Waals surface area (Å²) in [6.07, 6.45) is -0.0855. The average molecular weight is 532 g/mol. The summed E-state index contributed by atoms with van der Waals surface area (Å²) in [7, 11) is -5.32. The zero-order valence-corrected chi connectivity index (χ0v) is 22.1. The van der Waals surface area contributed by atoms with Crippen molar-refractivity contribution in [3.8, 4) is 5.75 Å². The molecule has 0 spiro atoms. The average Bonchev–Trinajstić information content (AvgIpc) is 2.85. The van der Waals surface area contributed by atoms with Crippen LogP contribution in [0.2, 0.25) is 0 Å². The first-order valence-electron chi connectivity index (χ1n) is 11.0. The quantitative estimate of drug-likeness (QED) is 0.413. The molecule has 3 rings (SSSR count). The Morgan fingerprint density at radius 1 is 0.917 bits per heavy atom. The van der Waals surface area contributed by atoms with Crippen molar-refractivity contribution in [3.05, 3.63) is 77.9 Å². The summed E-state index contributed by atoms with van der Waals surface area (Å²) < 4.78 is 60.6. The fourth-order valence-corrected chi connectivity index (χ4v) is 5.78. The second-order valence-corrected chi connectivity index (χ2v) is 11.9. The van der Waals surface area contributed by atoms with Crippen LogP contribution in [-0.4, -0.2) is 43.4 Å². The topological polar surface area (TPSA) is 122 Å². The number of benzene rings is 3. The van der Waals surface area contributed by atoms with E-state index in [4.69, 9.17) is 4.74 Å². The van der Waals surface area contributed by atoms with E-state index in [2.05, 4.69) is 10.0 Å². The van der Waals surface area contributed by atoms with Crippen molar-refractivity contribution in [3.63, 3.8) is 0 Å². The van der Waals surface area contributed by atoms with Crippen LogP contribution in [0.3, 0.4) is 0 Å². The smallest absolute Gasteiger partial charge is 0.264 e. The number of anilines is 2. The van der Waals surface area contributed by atoms with Crippen molar-refractivity contribution in [2.45, 2.75) is 30.1 Å². The molecule has 0 saturated heterocycles. The van der Waals surface area contributed by atoms with Crippen molar-refractivity contribution in [2.75, 3.05) is 30.3 Å². The van der Waals surface area contributed by atoms with Gasteiger partial charge in [0.15, 0.2) is 0 Å². The van der Waals surface area contributed by atoms with Crippen LogP contribution in [0.1, 0.15) is 17.5 Å². The number of carbonyl (C=O) groups is 1. The molecule has 0 aliphatic rings. The number of amides is 1. The third-order valence-electron chi connectivity index (χ3n) is 5.50. The fraction of sp³-hybridized carbons (Fsp3) is 0.240. The lowest BCUT2D eigenvalue weighted by Gasteiger charge is -2.22. The van der Waals surface area contributed by atoms with Gasteiger partial charge in [0, 0.05) is 25.7 Å². The van der Waals surface area contributed by atoms with Gasteiger partial charge < -0.3 is 10.1 Å². The fourth-order valence-electron chi connectivity index (χ4n) is 3.51. The Balaban J connectivity index is 1.75. The molecule has 36 heavy (non-hydrogen) atoms. The Morgan fingerprint density at radius 2 is 1.61 bits per heavy atom. The molecule has 3 aromatic carbocycles. The predicted molar refractivity (Wildman–Crippen MR) is 139 cm³/mol. The third-order valence-corrected chi connectivity index (χ3v) is 8.75. The molecule has 0 aliphatic carbocycles. The normalized spacial score (nSPS) is 11.7. The van der Waals surface area contributed by atoms with E-state index in [1.165, 1.54) is 44.5 Å². The molecule has 9 nitrogen and oxygen atoms in total. The number of methoxy groups -OCH3 is 1. The lowest BCUT2D eigenvalue weighted by Crippen LogP contribution is -2.29. The zero-order valence-electron chi connectivity index (χ0n) is 20.5. The van der Waals surface area contributed by atoms with Crippen LogP contribution in [0.15, 0.2) is 76.5 Å². The minimum Gasteiger partial charge on any atom is -0.495 e. The largest absolute Gasteiger partial charge is 0.495 e. The molecule has 0 aromatic heterocycles. The molecule has 0 radical (unpaired) electrons. The van der Waals surface area contributed by atoms with Crippen molar-refractivity contribution >= 4 is 37.3 Å². The maximum atomic E-state index is 13.1. The Kier molecular flexibility index (Phi) is 8.39. The molecule has 0 unspecified atom stereocenters. The number of aryl methyl sites for hydroxylation is 2. The Labute approximate surface area is 212 Å². The van der Waals surface area contributed by atoms with Gasteiger partial charge in [-0.2, -0.15) is 0 Å². The van der Waals surface area contributed by atoms with Gasteiger partial charge in [-0.1, -0.05) is 35.9 Å². The number of rotatable bonds is 10. The molecule has 1 amide bonds. The molecule has 0 heterocycles. The maximum absolute atomic E-state index is 13.1. The molecule has 11 heteroatoms. The molecule has 2 N–H and O–H groups in total. The summed E-state index contributed by atoms with van der Waals surface area (Å²) in [5, 5.41) is 2.77. The van der Waals surface area contributed by atoms with Gasteiger partial charge in [0.2, 0.25) is 15.9 Å². The Bertz CT molecular complexity index is 1460. The standard InChI is InChI=1S/C25H29N3O6S2/c1-18-10-12-22(19(2)16-18)27-25(29)14-15-26-35(30,31)21-11-13-24(34-4)23(17-21)28(3)36(32,33)20-8-6-5-7-9-20/h5-13,16-17,26H,14-15H2,1-4H3,(H,27,29). The lowest BCUT2D eigenvalue weighted by molar-refractivity contribution is -0.116. The number of nitrogens with zero attached hydrogens (tertiary/aromatic N) is 1. The highest BCUT2D eigenvalue weighted by molar-refractivity contribution is 7.92. The highest BCUT2D eigenvalue weighted by atomic mass is 32.2. The summed E-state index contributed by atoms with van der Waals surface area (Å²) in [5.74, 6) is -0.155. The van der Waals surface area contributed by atoms with Crippen LogP contribution < -0.4 is 19.1 Å². The number of nitrogens with one attached hydrogen (secondary N) is 2. The summed E-state index contributed by atoms with van der Waals surface area (Å²) >= 11 is 0. The molecule has 0 atom stereocenters. The first-order valence-corrected chi connectivity index (χ1v) is 14.0. The molecule has 192 valence electrons. The van der Waals surface area contributed by atoms with Gasteiger partial charge in [-0.3, -0.25) is 9.10 Å². The van der Waals surface area contributed by atoms with E-state index in [1.54, 1.807) is 24.3 Å². The number of ether oxygens (including phenoxy) is 1. The summed E-state index contributed by atoms with van der Waals surface area (Å²) in [4.78, 5) is 12.2. The number of carbonyl (C=O) groups excluding carboxylic acids is 1. The zero-order chi connectivity index (χ0) is 26.5. The van der Waals surface area contributed by atoms with E-state index >= 15 is 0 Å². The van der Waals surface area contributed by atoms with Gasteiger partial charge >= 0.3 is 0 Å². The molecular weight excluding hydrogens is 502 g/mol. The highest BCUT2D eigenvalue weighted by Crippen LogP contribution is 2.33. The Hall–Kier alpha value is -3.41. The van der Waals surface area contributed by atoms with Gasteiger partial charge in [-0.15, -0.1) is 0 Å². The van der Waals surface area contributed by atoms with Crippen LogP contribution in [-0.2, 0) is 24.8 Å². The second kappa shape index (κ2) is 11.1. The van der Waals surface area contributed by atoms with Crippen LogP contribution in [0.5, 0.6) is 5.75 Å². The van der Waals surface area contributed by atoms with E-state index in [0.29, 0.717) is 5.69 Å². The lowest BCUT2D eigenvalue weighted by atomic mass is 10.1. The summed E-state index contributed by atoms with van der Waals surface area (Å²) in [5.41, 5.74) is 2.69. The van der Waals surface area contributed by atoms with E-state index in [9.17, 15) is 21.6 Å². The van der Waals surface area contributed by atoms with Crippen LogP contribution in [0.25, 0.3) is 0 Å². The summed E-state index contributed by atoms with van der Waals surface area (Å²) in [6, 6.07) is 17.3. The maximum Gasteiger partial charge on any atom is 0.264 e. The van der Waals surface area contributed by atoms with Crippen LogP contribution >= 0.6 is 0 Å². The van der Waals surface area contributed by atoms with Crippen molar-refractivity contribution in [2.24, 2.45) is 0 Å². The SMILES string of the molecule is COc1ccc(S(=O)(=O)NCCC(=O)Nc2ccc(C)cc2C)cc1N(C)S(=O)(=O)c1ccccc1. The van der Waals surface area contributed by atoms with E-state index in [1.807, 2.05) is 26.0 Å². The first-order chi connectivity index (χ1) is 17.0. The van der Waals surface area contributed by atoms with E-state index < -0.39 is 20.0 Å². The van der Waals surface area contributed by atoms with Gasteiger partial charge in [0.25, 0.3) is 10.0 Å². The molecule has 0 fully saturated rings. The molecule has 0 aliphatic heterocycles. The molecule has 3 aromatic rings. The van der Waals surface area contributed by atoms with Gasteiger partial charge in [0.05, 0.1) is 22.6 Å². The molecular formula is C25H29N3O6S2. The Morgan fingerprint density at radius 3 is 2.25 bits per heavy atom.